The highest BCUT2D eigenvalue weighted by molar-refractivity contribution is 5.87. The number of hydrogen-bond donors (Lipinski definition) is 1. The number of hydrogen-bond acceptors (Lipinski definition) is 4. The molecule has 0 radical (unpaired) electrons. The largest absolute Gasteiger partial charge is 0.487 e. The summed E-state index contributed by atoms with van der Waals surface area (Å²) in [5, 5.41) is 2.89. The molecule has 0 bridgehead atoms. The van der Waals surface area contributed by atoms with Crippen molar-refractivity contribution in [3.05, 3.63) is 88.0 Å². The number of ether oxygens (including phenoxy) is 1. The van der Waals surface area contributed by atoms with Crippen LogP contribution in [0.15, 0.2) is 59.7 Å². The highest BCUT2D eigenvalue weighted by atomic mass is 19.1. The van der Waals surface area contributed by atoms with Crippen LogP contribution in [-0.4, -0.2) is 20.6 Å². The Morgan fingerprint density at radius 3 is 3.07 bits per heavy atom. The van der Waals surface area contributed by atoms with Gasteiger partial charge < -0.3 is 14.6 Å². The fourth-order valence-corrected chi connectivity index (χ4v) is 3.32. The fourth-order valence-electron chi connectivity index (χ4n) is 3.32. The fraction of sp³-hybridized carbons (Fsp3) is 0.217. The first-order valence-electron chi connectivity index (χ1n) is 13.5. The molecule has 1 N–H and O–H groups in total. The van der Waals surface area contributed by atoms with Crippen LogP contribution in [-0.2, 0) is 26.5 Å². The smallest absolute Gasteiger partial charge is 0.258 e. The van der Waals surface area contributed by atoms with Crippen molar-refractivity contribution < 1.29 is 21.5 Å². The average Bonchev–Trinajstić information content (AvgIpc) is 3.17. The van der Waals surface area contributed by atoms with Gasteiger partial charge in [-0.1, -0.05) is 6.07 Å². The minimum atomic E-state index is -2.85. The third-order valence-corrected chi connectivity index (χ3v) is 4.76. The first kappa shape index (κ1) is 11.1. The van der Waals surface area contributed by atoms with Gasteiger partial charge in [0.25, 0.3) is 5.56 Å². The maximum absolute atomic E-state index is 13.1. The number of aryl methyl sites for hydroxylation is 1. The average molecular weight is 413 g/mol. The zero-order valence-corrected chi connectivity index (χ0v) is 15.4. The standard InChI is InChI=1S/C23H21FN4O2/c1-27-21-6-8-25-13-20(21)19-5-4-17(10-22(19)27)28-9-7-18(11-23(28)29)30-14-16-3-2-15(24)12-26-16/h2-5,7,9-12,25H,6,8,13-14H2,1H3/i1D3,6D2,8D2,14D2. The van der Waals surface area contributed by atoms with E-state index in [1.807, 2.05) is 0 Å². The van der Waals surface area contributed by atoms with Crippen molar-refractivity contribution in [1.82, 2.24) is 19.4 Å². The van der Waals surface area contributed by atoms with E-state index >= 15 is 0 Å². The monoisotopic (exact) mass is 413 g/mol. The molecular weight excluding hydrogens is 383 g/mol. The predicted octanol–water partition coefficient (Wildman–Crippen LogP) is 3.09. The van der Waals surface area contributed by atoms with Crippen molar-refractivity contribution in [3.63, 3.8) is 0 Å². The summed E-state index contributed by atoms with van der Waals surface area (Å²) in [4.78, 5) is 16.6. The summed E-state index contributed by atoms with van der Waals surface area (Å²) in [6.45, 7) is -7.95. The third kappa shape index (κ3) is 3.27. The summed E-state index contributed by atoms with van der Waals surface area (Å²) in [5.74, 6) is -0.776. The van der Waals surface area contributed by atoms with Crippen molar-refractivity contribution >= 4 is 10.9 Å². The SMILES string of the molecule is [2H]C([2H])(Oc1ccn(-c2ccc3c4c(n(C([2H])([2H])[2H])c3c2)C([2H])([2H])C([2H])([2H])NC4)c(=O)c1)c1ccc(F)cn1. The van der Waals surface area contributed by atoms with Crippen molar-refractivity contribution in [1.29, 1.82) is 0 Å². The molecule has 0 aliphatic carbocycles. The molecule has 4 aromatic rings. The number of benzene rings is 1. The van der Waals surface area contributed by atoms with Crippen LogP contribution >= 0.6 is 0 Å². The van der Waals surface area contributed by atoms with Gasteiger partial charge in [-0.2, -0.15) is 0 Å². The molecule has 30 heavy (non-hydrogen) atoms. The van der Waals surface area contributed by atoms with Gasteiger partial charge in [0.1, 0.15) is 18.1 Å². The Labute approximate surface area is 185 Å². The summed E-state index contributed by atoms with van der Waals surface area (Å²) in [7, 11) is 0. The summed E-state index contributed by atoms with van der Waals surface area (Å²) in [5.41, 5.74) is -0.510. The molecule has 4 heterocycles. The van der Waals surface area contributed by atoms with Gasteiger partial charge in [-0.05, 0) is 35.9 Å². The lowest BCUT2D eigenvalue weighted by atomic mass is 10.1. The van der Waals surface area contributed by atoms with Crippen LogP contribution in [0.5, 0.6) is 5.75 Å². The van der Waals surface area contributed by atoms with Gasteiger partial charge in [-0.25, -0.2) is 4.39 Å². The van der Waals surface area contributed by atoms with E-state index in [-0.39, 0.29) is 34.9 Å². The zero-order chi connectivity index (χ0) is 28.5. The van der Waals surface area contributed by atoms with E-state index in [1.165, 1.54) is 29.0 Å². The molecule has 0 saturated carbocycles. The molecule has 5 rings (SSSR count). The van der Waals surface area contributed by atoms with E-state index < -0.39 is 37.8 Å². The Hall–Kier alpha value is -3.45. The molecule has 1 aromatic carbocycles. The topological polar surface area (TPSA) is 61.1 Å². The summed E-state index contributed by atoms with van der Waals surface area (Å²) in [6.07, 6.45) is -0.537. The Balaban J connectivity index is 1.58. The van der Waals surface area contributed by atoms with Gasteiger partial charge in [-0.15, -0.1) is 0 Å². The van der Waals surface area contributed by atoms with Crippen molar-refractivity contribution in [2.45, 2.75) is 19.5 Å². The molecule has 3 aromatic heterocycles. The van der Waals surface area contributed by atoms with Crippen LogP contribution < -0.4 is 15.6 Å². The summed E-state index contributed by atoms with van der Waals surface area (Å²) >= 11 is 0. The van der Waals surface area contributed by atoms with Gasteiger partial charge in [0, 0.05) is 59.3 Å². The van der Waals surface area contributed by atoms with Gasteiger partial charge in [0.15, 0.2) is 0 Å². The molecule has 0 saturated heterocycles. The second-order valence-electron chi connectivity index (χ2n) is 6.60. The maximum atomic E-state index is 13.1. The quantitative estimate of drug-likeness (QED) is 0.559. The van der Waals surface area contributed by atoms with E-state index in [4.69, 9.17) is 17.1 Å². The molecule has 0 spiro atoms. The van der Waals surface area contributed by atoms with E-state index in [0.717, 1.165) is 29.0 Å². The van der Waals surface area contributed by atoms with Crippen LogP contribution in [0.2, 0.25) is 0 Å². The molecule has 152 valence electrons. The lowest BCUT2D eigenvalue weighted by Gasteiger charge is -2.14. The third-order valence-electron chi connectivity index (χ3n) is 4.76. The lowest BCUT2D eigenvalue weighted by Crippen LogP contribution is -2.24. The van der Waals surface area contributed by atoms with Gasteiger partial charge >= 0.3 is 0 Å². The van der Waals surface area contributed by atoms with Crippen molar-refractivity contribution in [2.24, 2.45) is 6.98 Å². The minimum Gasteiger partial charge on any atom is -0.487 e. The highest BCUT2D eigenvalue weighted by Gasteiger charge is 2.18. The van der Waals surface area contributed by atoms with Crippen LogP contribution in [0.3, 0.4) is 0 Å². The summed E-state index contributed by atoms with van der Waals surface area (Å²) in [6, 6.07) is 8.97. The first-order chi connectivity index (χ1) is 18.0. The number of halogens is 1. The maximum Gasteiger partial charge on any atom is 0.258 e. The normalized spacial score (nSPS) is 22.1. The summed E-state index contributed by atoms with van der Waals surface area (Å²) < 4.78 is 93.8. The number of nitrogens with one attached hydrogen (secondary N) is 1. The molecule has 0 unspecified atom stereocenters. The number of fused-ring (bicyclic) bond motifs is 3. The number of aromatic nitrogens is 3. The number of rotatable bonds is 4. The van der Waals surface area contributed by atoms with Crippen LogP contribution in [0.25, 0.3) is 16.6 Å². The Kier molecular flexibility index (Phi) is 2.74. The molecule has 6 nitrogen and oxygen atoms in total. The van der Waals surface area contributed by atoms with Gasteiger partial charge in [-0.3, -0.25) is 14.3 Å². The minimum absolute atomic E-state index is 0.0896. The van der Waals surface area contributed by atoms with Crippen LogP contribution in [0, 0.1) is 5.82 Å². The molecular formula is C23H21FN4O2. The number of nitrogens with zero attached hydrogens (tertiary/aromatic N) is 3. The molecule has 0 atom stereocenters. The van der Waals surface area contributed by atoms with E-state index in [1.54, 1.807) is 6.07 Å². The predicted molar refractivity (Wildman–Crippen MR) is 112 cm³/mol. The highest BCUT2D eigenvalue weighted by Crippen LogP contribution is 2.29. The second-order valence-corrected chi connectivity index (χ2v) is 6.60. The molecule has 7 heteroatoms. The van der Waals surface area contributed by atoms with Crippen LogP contribution in [0.4, 0.5) is 4.39 Å². The lowest BCUT2D eigenvalue weighted by molar-refractivity contribution is 0.300. The van der Waals surface area contributed by atoms with Gasteiger partial charge in [0.05, 0.1) is 25.8 Å². The van der Waals surface area contributed by atoms with Crippen LogP contribution in [0.1, 0.15) is 29.3 Å². The molecule has 0 fully saturated rings. The Morgan fingerprint density at radius 2 is 2.27 bits per heavy atom. The van der Waals surface area contributed by atoms with E-state index in [0.29, 0.717) is 10.9 Å². The zero-order valence-electron chi connectivity index (χ0n) is 24.4. The Morgan fingerprint density at radius 1 is 1.33 bits per heavy atom. The van der Waals surface area contributed by atoms with Crippen molar-refractivity contribution in [3.8, 4) is 11.4 Å². The Bertz CT molecular complexity index is 1650. The molecule has 1 aliphatic rings. The van der Waals surface area contributed by atoms with E-state index in [2.05, 4.69) is 10.3 Å². The van der Waals surface area contributed by atoms with Gasteiger partial charge in [0.2, 0.25) is 0 Å². The van der Waals surface area contributed by atoms with Crippen molar-refractivity contribution in [2.75, 3.05) is 6.50 Å². The second kappa shape index (κ2) is 7.42. The molecule has 0 amide bonds. The number of pyridine rings is 2. The van der Waals surface area contributed by atoms with E-state index in [9.17, 15) is 9.18 Å². The molecule has 1 aliphatic heterocycles. The first-order valence-corrected chi connectivity index (χ1v) is 9.00.